The molecule has 1 atom stereocenters. The van der Waals surface area contributed by atoms with Crippen LogP contribution in [-0.2, 0) is 15.1 Å². The lowest BCUT2D eigenvalue weighted by molar-refractivity contribution is -0.139. The number of nitrogens with one attached hydrogen (secondary N) is 1. The van der Waals surface area contributed by atoms with Crippen molar-refractivity contribution in [2.75, 3.05) is 37.6 Å². The van der Waals surface area contributed by atoms with Crippen molar-refractivity contribution in [3.8, 4) is 0 Å². The zero-order valence-corrected chi connectivity index (χ0v) is 19.1. The van der Waals surface area contributed by atoms with Crippen molar-refractivity contribution in [1.29, 1.82) is 0 Å². The molecule has 2 aliphatic heterocycles. The lowest BCUT2D eigenvalue weighted by atomic mass is 9.87. The van der Waals surface area contributed by atoms with Crippen LogP contribution in [0.5, 0.6) is 0 Å². The minimum absolute atomic E-state index is 0.222. The summed E-state index contributed by atoms with van der Waals surface area (Å²) in [5, 5.41) is 3.36. The van der Waals surface area contributed by atoms with E-state index in [1.54, 1.807) is 29.2 Å². The van der Waals surface area contributed by atoms with Gasteiger partial charge in [0.1, 0.15) is 12.1 Å². The number of aryl methyl sites for hydroxylation is 1. The van der Waals surface area contributed by atoms with Crippen LogP contribution in [0.15, 0.2) is 48.5 Å². The van der Waals surface area contributed by atoms with Crippen molar-refractivity contribution in [2.45, 2.75) is 25.8 Å². The summed E-state index contributed by atoms with van der Waals surface area (Å²) in [4.78, 5) is 43.9. The van der Waals surface area contributed by atoms with Crippen molar-refractivity contribution in [1.82, 2.24) is 15.1 Å². The molecule has 2 aliphatic rings. The Balaban J connectivity index is 1.42. The van der Waals surface area contributed by atoms with E-state index >= 15 is 0 Å². The van der Waals surface area contributed by atoms with E-state index in [-0.39, 0.29) is 12.5 Å². The van der Waals surface area contributed by atoms with Gasteiger partial charge >= 0.3 is 6.03 Å². The Morgan fingerprint density at radius 2 is 1.75 bits per heavy atom. The first-order valence-corrected chi connectivity index (χ1v) is 11.2. The molecule has 0 aromatic heterocycles. The van der Waals surface area contributed by atoms with Gasteiger partial charge in [-0.05, 0) is 48.7 Å². The van der Waals surface area contributed by atoms with Gasteiger partial charge in [-0.1, -0.05) is 42.8 Å². The fourth-order valence-corrected chi connectivity index (χ4v) is 4.54. The molecule has 7 nitrogen and oxygen atoms in total. The van der Waals surface area contributed by atoms with Gasteiger partial charge in [-0.15, -0.1) is 0 Å². The molecule has 32 heavy (non-hydrogen) atoms. The topological polar surface area (TPSA) is 73.0 Å². The average Bonchev–Trinajstić information content (AvgIpc) is 3.04. The molecule has 1 unspecified atom stereocenters. The summed E-state index contributed by atoms with van der Waals surface area (Å²) >= 11 is 5.98. The smallest absolute Gasteiger partial charge is 0.325 e. The van der Waals surface area contributed by atoms with Crippen LogP contribution in [0, 0.1) is 6.92 Å². The largest absolute Gasteiger partial charge is 0.368 e. The van der Waals surface area contributed by atoms with E-state index in [1.807, 2.05) is 13.0 Å². The van der Waals surface area contributed by atoms with Crippen LogP contribution < -0.4 is 10.2 Å². The number of nitrogens with zero attached hydrogens (tertiary/aromatic N) is 3. The third-order valence-electron chi connectivity index (χ3n) is 6.34. The summed E-state index contributed by atoms with van der Waals surface area (Å²) in [6, 6.07) is 14.6. The van der Waals surface area contributed by atoms with Crippen LogP contribution in [-0.4, -0.2) is 60.4 Å². The first kappa shape index (κ1) is 22.1. The number of rotatable bonds is 5. The number of carbonyl (C=O) groups is 3. The highest BCUT2D eigenvalue weighted by molar-refractivity contribution is 6.30. The third kappa shape index (κ3) is 4.05. The molecule has 0 radical (unpaired) electrons. The average molecular weight is 455 g/mol. The van der Waals surface area contributed by atoms with Crippen molar-refractivity contribution < 1.29 is 14.4 Å². The quantitative estimate of drug-likeness (QED) is 0.704. The summed E-state index contributed by atoms with van der Waals surface area (Å²) in [6.45, 7) is 6.14. The minimum atomic E-state index is -1.17. The Labute approximate surface area is 192 Å². The highest BCUT2D eigenvalue weighted by Gasteiger charge is 2.51. The van der Waals surface area contributed by atoms with Gasteiger partial charge in [-0.25, -0.2) is 4.79 Å². The fraction of sp³-hybridized carbons (Fsp3) is 0.375. The monoisotopic (exact) mass is 454 g/mol. The highest BCUT2D eigenvalue weighted by Crippen LogP contribution is 2.33. The van der Waals surface area contributed by atoms with Crippen LogP contribution in [0.3, 0.4) is 0 Å². The lowest BCUT2D eigenvalue weighted by Gasteiger charge is -2.36. The number of imide groups is 1. The molecule has 4 rings (SSSR count). The van der Waals surface area contributed by atoms with E-state index in [4.69, 9.17) is 11.6 Å². The Hall–Kier alpha value is -3.06. The van der Waals surface area contributed by atoms with E-state index in [0.29, 0.717) is 43.2 Å². The number of piperazine rings is 1. The molecule has 0 spiro atoms. The Bertz CT molecular complexity index is 1030. The second kappa shape index (κ2) is 8.82. The Morgan fingerprint density at radius 1 is 1.06 bits per heavy atom. The molecule has 2 aromatic rings. The fourth-order valence-electron chi connectivity index (χ4n) is 4.42. The molecule has 2 saturated heterocycles. The SMILES string of the molecule is CCC1(c2ccc(Cl)cc2)NC(=O)N(CC(=O)N2CCN(c3cccc(C)c3)CC2)C1=O. The normalized spacial score (nSPS) is 21.2. The lowest BCUT2D eigenvalue weighted by Crippen LogP contribution is -2.52. The van der Waals surface area contributed by atoms with E-state index in [1.165, 1.54) is 5.56 Å². The summed E-state index contributed by atoms with van der Waals surface area (Å²) in [5.41, 5.74) is 1.82. The number of benzene rings is 2. The Kier molecular flexibility index (Phi) is 6.11. The molecule has 1 N–H and O–H groups in total. The number of carbonyl (C=O) groups excluding carboxylic acids is 3. The number of urea groups is 1. The first-order chi connectivity index (χ1) is 15.3. The summed E-state index contributed by atoms with van der Waals surface area (Å²) in [7, 11) is 0. The van der Waals surface area contributed by atoms with Gasteiger partial charge in [-0.2, -0.15) is 0 Å². The van der Waals surface area contributed by atoms with Gasteiger partial charge < -0.3 is 15.1 Å². The molecule has 8 heteroatoms. The van der Waals surface area contributed by atoms with Gasteiger partial charge in [0.2, 0.25) is 5.91 Å². The van der Waals surface area contributed by atoms with Crippen molar-refractivity contribution in [2.24, 2.45) is 0 Å². The molecule has 168 valence electrons. The predicted molar refractivity (Wildman–Crippen MR) is 124 cm³/mol. The molecule has 2 fully saturated rings. The summed E-state index contributed by atoms with van der Waals surface area (Å²) in [6.07, 6.45) is 0.374. The Morgan fingerprint density at radius 3 is 2.38 bits per heavy atom. The van der Waals surface area contributed by atoms with Gasteiger partial charge in [0.25, 0.3) is 5.91 Å². The van der Waals surface area contributed by atoms with Gasteiger partial charge in [0, 0.05) is 36.9 Å². The molecular formula is C24H27ClN4O3. The zero-order chi connectivity index (χ0) is 22.9. The summed E-state index contributed by atoms with van der Waals surface area (Å²) in [5.74, 6) is -0.625. The maximum Gasteiger partial charge on any atom is 0.325 e. The standard InChI is InChI=1S/C24H27ClN4O3/c1-3-24(18-7-9-19(25)10-8-18)22(31)29(23(32)26-24)16-21(30)28-13-11-27(12-14-28)20-6-4-5-17(2)15-20/h4-10,15H,3,11-14,16H2,1-2H3,(H,26,32). The van der Waals surface area contributed by atoms with E-state index in [2.05, 4.69) is 35.3 Å². The third-order valence-corrected chi connectivity index (χ3v) is 6.59. The predicted octanol–water partition coefficient (Wildman–Crippen LogP) is 3.15. The molecule has 0 bridgehead atoms. The molecule has 2 heterocycles. The number of hydrogen-bond acceptors (Lipinski definition) is 4. The van der Waals surface area contributed by atoms with E-state index < -0.39 is 17.5 Å². The van der Waals surface area contributed by atoms with Crippen LogP contribution in [0.25, 0.3) is 0 Å². The highest BCUT2D eigenvalue weighted by atomic mass is 35.5. The number of amides is 4. The van der Waals surface area contributed by atoms with Crippen LogP contribution >= 0.6 is 11.6 Å². The number of hydrogen-bond donors (Lipinski definition) is 1. The van der Waals surface area contributed by atoms with E-state index in [9.17, 15) is 14.4 Å². The zero-order valence-electron chi connectivity index (χ0n) is 18.3. The second-order valence-electron chi connectivity index (χ2n) is 8.29. The molecule has 0 saturated carbocycles. The second-order valence-corrected chi connectivity index (χ2v) is 8.73. The molecule has 0 aliphatic carbocycles. The molecular weight excluding hydrogens is 428 g/mol. The maximum absolute atomic E-state index is 13.3. The van der Waals surface area contributed by atoms with E-state index in [0.717, 1.165) is 10.6 Å². The maximum atomic E-state index is 13.3. The van der Waals surface area contributed by atoms with Gasteiger partial charge in [0.05, 0.1) is 0 Å². The van der Waals surface area contributed by atoms with Gasteiger partial charge in [-0.3, -0.25) is 14.5 Å². The van der Waals surface area contributed by atoms with Crippen LogP contribution in [0.4, 0.5) is 10.5 Å². The van der Waals surface area contributed by atoms with Crippen molar-refractivity contribution >= 4 is 35.1 Å². The molecule has 4 amide bonds. The van der Waals surface area contributed by atoms with Crippen LogP contribution in [0.2, 0.25) is 5.02 Å². The molecule has 2 aromatic carbocycles. The van der Waals surface area contributed by atoms with Crippen molar-refractivity contribution in [3.05, 3.63) is 64.7 Å². The van der Waals surface area contributed by atoms with Crippen LogP contribution in [0.1, 0.15) is 24.5 Å². The van der Waals surface area contributed by atoms with Crippen molar-refractivity contribution in [3.63, 3.8) is 0 Å². The van der Waals surface area contributed by atoms with Gasteiger partial charge in [0.15, 0.2) is 0 Å². The number of halogens is 1. The first-order valence-electron chi connectivity index (χ1n) is 10.8. The minimum Gasteiger partial charge on any atom is -0.368 e. The number of anilines is 1. The summed E-state index contributed by atoms with van der Waals surface area (Å²) < 4.78 is 0.